The second-order valence-electron chi connectivity index (χ2n) is 11.4. The number of carbonyl (C=O) groups is 3. The Bertz CT molecular complexity index is 1430. The van der Waals surface area contributed by atoms with Gasteiger partial charge < -0.3 is 24.8 Å². The van der Waals surface area contributed by atoms with Crippen molar-refractivity contribution in [1.29, 1.82) is 0 Å². The molecule has 1 N–H and O–H groups in total. The number of benzene rings is 2. The standard InChI is InChI=1S/C32H42N6O4/c1-21(2)17-27(42-29(40)20-36(6)28(39)19-33-5)32(41)38-15-13-37(14-16-38)31-25-12-11-22(3)18-26(25)34-30(35-31)24-10-8-7-9-23(24)4/h7-12,18,21,27,33H,13-17,19-20H2,1-6H3/t27-/m0/s1. The normalized spacial score (nSPS) is 14.3. The van der Waals surface area contributed by atoms with Gasteiger partial charge >= 0.3 is 5.97 Å². The van der Waals surface area contributed by atoms with E-state index >= 15 is 0 Å². The lowest BCUT2D eigenvalue weighted by molar-refractivity contribution is -0.163. The number of aromatic nitrogens is 2. The summed E-state index contributed by atoms with van der Waals surface area (Å²) in [6, 6.07) is 14.3. The van der Waals surface area contributed by atoms with Crippen LogP contribution in [0.1, 0.15) is 31.4 Å². The maximum absolute atomic E-state index is 13.6. The largest absolute Gasteiger partial charge is 0.451 e. The first kappa shape index (κ1) is 30.9. The molecule has 1 aromatic heterocycles. The van der Waals surface area contributed by atoms with Crippen LogP contribution in [0, 0.1) is 19.8 Å². The molecule has 0 bridgehead atoms. The van der Waals surface area contributed by atoms with Gasteiger partial charge in [0.15, 0.2) is 11.9 Å². The van der Waals surface area contributed by atoms with Crippen LogP contribution in [0.3, 0.4) is 0 Å². The van der Waals surface area contributed by atoms with Gasteiger partial charge in [-0.05, 0) is 56.5 Å². The van der Waals surface area contributed by atoms with E-state index in [-0.39, 0.29) is 30.8 Å². The summed E-state index contributed by atoms with van der Waals surface area (Å²) >= 11 is 0. The first-order chi connectivity index (χ1) is 20.1. The van der Waals surface area contributed by atoms with Crippen LogP contribution in [0.4, 0.5) is 5.82 Å². The highest BCUT2D eigenvalue weighted by molar-refractivity contribution is 5.92. The topological polar surface area (TPSA) is 108 Å². The Balaban J connectivity index is 1.50. The molecule has 224 valence electrons. The van der Waals surface area contributed by atoms with Crippen LogP contribution in [0.25, 0.3) is 22.3 Å². The average molecular weight is 575 g/mol. The molecule has 10 heteroatoms. The van der Waals surface area contributed by atoms with Crippen molar-refractivity contribution >= 4 is 34.5 Å². The van der Waals surface area contributed by atoms with Crippen molar-refractivity contribution in [1.82, 2.24) is 25.1 Å². The second-order valence-corrected chi connectivity index (χ2v) is 11.4. The van der Waals surface area contributed by atoms with Gasteiger partial charge in [-0.25, -0.2) is 9.97 Å². The van der Waals surface area contributed by atoms with Crippen LogP contribution in [0.2, 0.25) is 0 Å². The van der Waals surface area contributed by atoms with Crippen LogP contribution >= 0.6 is 0 Å². The number of rotatable bonds is 10. The lowest BCUT2D eigenvalue weighted by atomic mass is 10.0. The smallest absolute Gasteiger partial charge is 0.326 e. The number of piperazine rings is 1. The maximum Gasteiger partial charge on any atom is 0.326 e. The summed E-state index contributed by atoms with van der Waals surface area (Å²) in [5, 5.41) is 3.75. The van der Waals surface area contributed by atoms with E-state index in [0.717, 1.165) is 33.4 Å². The first-order valence-corrected chi connectivity index (χ1v) is 14.5. The van der Waals surface area contributed by atoms with E-state index in [1.165, 1.54) is 4.90 Å². The molecule has 2 aromatic carbocycles. The van der Waals surface area contributed by atoms with Crippen LogP contribution < -0.4 is 10.2 Å². The van der Waals surface area contributed by atoms with Gasteiger partial charge in [-0.2, -0.15) is 0 Å². The number of carbonyl (C=O) groups excluding carboxylic acids is 3. The summed E-state index contributed by atoms with van der Waals surface area (Å²) in [6.45, 7) is 10.1. The molecule has 1 atom stereocenters. The van der Waals surface area contributed by atoms with Crippen molar-refractivity contribution in [3.05, 3.63) is 53.6 Å². The molecule has 0 unspecified atom stereocenters. The summed E-state index contributed by atoms with van der Waals surface area (Å²) in [6.07, 6.45) is -0.485. The van der Waals surface area contributed by atoms with Crippen LogP contribution in [0.15, 0.2) is 42.5 Å². The number of likely N-dealkylation sites (N-methyl/N-ethyl adjacent to an activating group) is 2. The van der Waals surface area contributed by atoms with Crippen LogP contribution in [0.5, 0.6) is 0 Å². The molecule has 1 saturated heterocycles. The fraction of sp³-hybridized carbons (Fsp3) is 0.469. The van der Waals surface area contributed by atoms with Crippen molar-refractivity contribution in [2.24, 2.45) is 5.92 Å². The highest BCUT2D eigenvalue weighted by Crippen LogP contribution is 2.30. The fourth-order valence-electron chi connectivity index (χ4n) is 5.14. The third-order valence-corrected chi connectivity index (χ3v) is 7.46. The molecule has 2 amide bonds. The van der Waals surface area contributed by atoms with Crippen molar-refractivity contribution in [2.45, 2.75) is 40.2 Å². The molecule has 0 aliphatic carbocycles. The van der Waals surface area contributed by atoms with E-state index in [2.05, 4.69) is 48.3 Å². The van der Waals surface area contributed by atoms with Gasteiger partial charge in [0.1, 0.15) is 12.4 Å². The van der Waals surface area contributed by atoms with E-state index in [4.69, 9.17) is 14.7 Å². The molecule has 0 radical (unpaired) electrons. The molecule has 4 rings (SSSR count). The zero-order chi connectivity index (χ0) is 30.4. The van der Waals surface area contributed by atoms with Crippen molar-refractivity contribution in [2.75, 3.05) is 58.3 Å². The Labute approximate surface area is 248 Å². The molecule has 1 aliphatic rings. The Morgan fingerprint density at radius 1 is 1.02 bits per heavy atom. The van der Waals surface area contributed by atoms with Gasteiger partial charge in [0.05, 0.1) is 12.1 Å². The second kappa shape index (κ2) is 13.7. The minimum atomic E-state index is -0.896. The van der Waals surface area contributed by atoms with Gasteiger partial charge in [-0.3, -0.25) is 14.4 Å². The van der Waals surface area contributed by atoms with Crippen LogP contribution in [-0.2, 0) is 19.1 Å². The van der Waals surface area contributed by atoms with Crippen molar-refractivity contribution in [3.63, 3.8) is 0 Å². The minimum absolute atomic E-state index is 0.121. The summed E-state index contributed by atoms with van der Waals surface area (Å²) < 4.78 is 5.65. The van der Waals surface area contributed by atoms with E-state index in [1.54, 1.807) is 19.0 Å². The number of anilines is 1. The SMILES string of the molecule is CNCC(=O)N(C)CC(=O)O[C@@H](CC(C)C)C(=O)N1CCN(c2nc(-c3ccccc3C)nc3cc(C)ccc23)CC1. The van der Waals surface area contributed by atoms with E-state index in [0.29, 0.717) is 38.4 Å². The Morgan fingerprint density at radius 2 is 1.74 bits per heavy atom. The summed E-state index contributed by atoms with van der Waals surface area (Å²) in [5.74, 6) is 0.657. The number of esters is 1. The molecule has 1 aliphatic heterocycles. The Kier molecular flexibility index (Phi) is 10.1. The quantitative estimate of drug-likeness (QED) is 0.368. The molecular formula is C32H42N6O4. The van der Waals surface area contributed by atoms with Gasteiger partial charge in [0.25, 0.3) is 5.91 Å². The molecule has 1 fully saturated rings. The van der Waals surface area contributed by atoms with E-state index < -0.39 is 12.1 Å². The third-order valence-electron chi connectivity index (χ3n) is 7.46. The fourth-order valence-corrected chi connectivity index (χ4v) is 5.14. The molecule has 0 spiro atoms. The third kappa shape index (κ3) is 7.42. The molecule has 0 saturated carbocycles. The zero-order valence-corrected chi connectivity index (χ0v) is 25.5. The number of nitrogens with zero attached hydrogens (tertiary/aromatic N) is 5. The molecule has 42 heavy (non-hydrogen) atoms. The molecule has 2 heterocycles. The lowest BCUT2D eigenvalue weighted by Crippen LogP contribution is -2.53. The predicted molar refractivity (Wildman–Crippen MR) is 164 cm³/mol. The molecule has 3 aromatic rings. The van der Waals surface area contributed by atoms with Crippen LogP contribution in [-0.4, -0.2) is 97.0 Å². The average Bonchev–Trinajstić information content (AvgIpc) is 2.96. The highest BCUT2D eigenvalue weighted by atomic mass is 16.5. The van der Waals surface area contributed by atoms with Crippen molar-refractivity contribution < 1.29 is 19.1 Å². The van der Waals surface area contributed by atoms with E-state index in [1.807, 2.05) is 32.0 Å². The van der Waals surface area contributed by atoms with Gasteiger partial charge in [-0.1, -0.05) is 44.2 Å². The Hall–Kier alpha value is -4.05. The maximum atomic E-state index is 13.6. The predicted octanol–water partition coefficient (Wildman–Crippen LogP) is 3.20. The first-order valence-electron chi connectivity index (χ1n) is 14.5. The number of aryl methyl sites for hydroxylation is 2. The lowest BCUT2D eigenvalue weighted by Gasteiger charge is -2.37. The molecular weight excluding hydrogens is 532 g/mol. The minimum Gasteiger partial charge on any atom is -0.451 e. The number of hydrogen-bond donors (Lipinski definition) is 1. The summed E-state index contributed by atoms with van der Waals surface area (Å²) in [7, 11) is 3.21. The monoisotopic (exact) mass is 574 g/mol. The summed E-state index contributed by atoms with van der Waals surface area (Å²) in [5.41, 5.74) is 4.11. The molecule has 10 nitrogen and oxygen atoms in total. The van der Waals surface area contributed by atoms with E-state index in [9.17, 15) is 14.4 Å². The summed E-state index contributed by atoms with van der Waals surface area (Å²) in [4.78, 5) is 53.5. The van der Waals surface area contributed by atoms with Gasteiger partial charge in [0, 0.05) is 44.2 Å². The number of amides is 2. The zero-order valence-electron chi connectivity index (χ0n) is 25.5. The van der Waals surface area contributed by atoms with Gasteiger partial charge in [0.2, 0.25) is 5.91 Å². The Morgan fingerprint density at radius 3 is 2.40 bits per heavy atom. The van der Waals surface area contributed by atoms with Gasteiger partial charge in [-0.15, -0.1) is 0 Å². The number of hydrogen-bond acceptors (Lipinski definition) is 8. The highest BCUT2D eigenvalue weighted by Gasteiger charge is 2.32. The number of ether oxygens (including phenoxy) is 1. The number of fused-ring (bicyclic) bond motifs is 1. The van der Waals surface area contributed by atoms with Crippen molar-refractivity contribution in [3.8, 4) is 11.4 Å². The number of nitrogens with one attached hydrogen (secondary N) is 1.